The lowest BCUT2D eigenvalue weighted by Gasteiger charge is -2.56. The van der Waals surface area contributed by atoms with Crippen molar-refractivity contribution >= 4 is 34.7 Å². The summed E-state index contributed by atoms with van der Waals surface area (Å²) in [4.78, 5) is 70.7. The van der Waals surface area contributed by atoms with Crippen LogP contribution in [0.5, 0.6) is 5.75 Å². The van der Waals surface area contributed by atoms with Crippen LogP contribution in [0.25, 0.3) is 0 Å². The Bertz CT molecular complexity index is 1340. The normalized spacial score (nSPS) is 35.5. The second kappa shape index (κ2) is 10.8. The smallest absolute Gasteiger partial charge is 0.235 e. The first-order valence-electron chi connectivity index (χ1n) is 14.6. The van der Waals surface area contributed by atoms with E-state index in [0.29, 0.717) is 11.3 Å². The molecule has 8 atom stereocenters. The summed E-state index contributed by atoms with van der Waals surface area (Å²) in [5.74, 6) is -13.2. The number of carbonyl (C=O) groups is 5. The zero-order chi connectivity index (χ0) is 30.8. The summed E-state index contributed by atoms with van der Waals surface area (Å²) in [5.41, 5.74) is 3.01. The van der Waals surface area contributed by atoms with Crippen LogP contribution < -0.4 is 11.1 Å². The fourth-order valence-electron chi connectivity index (χ4n) is 7.94. The molecule has 12 heteroatoms. The molecule has 5 rings (SSSR count). The molecule has 4 aliphatic rings. The third-order valence-electron chi connectivity index (χ3n) is 9.98. The highest BCUT2D eigenvalue weighted by Gasteiger charge is 2.72. The third-order valence-corrected chi connectivity index (χ3v) is 9.98. The lowest BCUT2D eigenvalue weighted by molar-refractivity contribution is -0.196. The monoisotopic (exact) mass is 584 g/mol. The van der Waals surface area contributed by atoms with E-state index in [1.807, 2.05) is 0 Å². The molecule has 0 bridgehead atoms. The van der Waals surface area contributed by atoms with Crippen LogP contribution in [-0.2, 0) is 19.2 Å². The van der Waals surface area contributed by atoms with Gasteiger partial charge in [0.2, 0.25) is 5.91 Å². The number of nitrogens with one attached hydrogen (secondary N) is 1. The predicted octanol–water partition coefficient (Wildman–Crippen LogP) is -0.315. The number of primary amides is 1. The van der Waals surface area contributed by atoms with Crippen molar-refractivity contribution < 1.29 is 39.3 Å². The number of aromatic hydroxyl groups is 1. The number of aliphatic hydroxyl groups excluding tert-OH is 1. The molecule has 1 aromatic rings. The molecule has 3 fully saturated rings. The Kier molecular flexibility index (Phi) is 7.80. The topological polar surface area (TPSA) is 191 Å². The summed E-state index contributed by atoms with van der Waals surface area (Å²) < 4.78 is 0. The zero-order valence-electron chi connectivity index (χ0n) is 24.4. The van der Waals surface area contributed by atoms with Gasteiger partial charge in [-0.25, -0.2) is 0 Å². The van der Waals surface area contributed by atoms with E-state index in [2.05, 4.69) is 17.1 Å². The number of phenols is 1. The van der Waals surface area contributed by atoms with Crippen LogP contribution in [-0.4, -0.2) is 112 Å². The van der Waals surface area contributed by atoms with Crippen molar-refractivity contribution in [1.29, 1.82) is 0 Å². The fraction of sp³-hybridized carbons (Fsp3) is 0.633. The highest BCUT2D eigenvalue weighted by molar-refractivity contribution is 6.32. The first-order chi connectivity index (χ1) is 19.8. The molecular formula is C30H40N4O8. The molecule has 1 aromatic carbocycles. The van der Waals surface area contributed by atoms with Crippen molar-refractivity contribution in [1.82, 2.24) is 9.80 Å². The third kappa shape index (κ3) is 4.30. The molecule has 0 spiro atoms. The molecule has 228 valence electrons. The number of piperidine rings is 1. The predicted molar refractivity (Wildman–Crippen MR) is 151 cm³/mol. The minimum Gasteiger partial charge on any atom is -0.505 e. The lowest BCUT2D eigenvalue weighted by Crippen LogP contribution is -2.77. The number of likely N-dealkylation sites (N-methyl/N-ethyl adjacent to an activating group) is 1. The number of anilines is 1. The average Bonchev–Trinajstić information content (AvgIpc) is 2.92. The van der Waals surface area contributed by atoms with E-state index in [-0.39, 0.29) is 17.4 Å². The number of ketones is 4. The van der Waals surface area contributed by atoms with Gasteiger partial charge in [-0.1, -0.05) is 19.9 Å². The minimum atomic E-state index is -3.01. The maximum Gasteiger partial charge on any atom is 0.235 e. The average molecular weight is 585 g/mol. The van der Waals surface area contributed by atoms with Crippen molar-refractivity contribution in [3.63, 3.8) is 0 Å². The van der Waals surface area contributed by atoms with Crippen LogP contribution in [0, 0.1) is 23.7 Å². The number of hydrogen-bond acceptors (Lipinski definition) is 11. The largest absolute Gasteiger partial charge is 0.505 e. The van der Waals surface area contributed by atoms with Crippen molar-refractivity contribution in [2.45, 2.75) is 62.8 Å². The van der Waals surface area contributed by atoms with Crippen LogP contribution in [0.3, 0.4) is 0 Å². The number of nitrogens with two attached hydrogens (primary N) is 1. The molecular weight excluding hydrogens is 544 g/mol. The van der Waals surface area contributed by atoms with E-state index in [1.54, 1.807) is 19.1 Å². The number of rotatable bonds is 6. The molecule has 1 heterocycles. The van der Waals surface area contributed by atoms with Gasteiger partial charge in [-0.2, -0.15) is 0 Å². The van der Waals surface area contributed by atoms with Gasteiger partial charge >= 0.3 is 0 Å². The standard InChI is InChI=1S/C30H40N4O8/c1-5-10-34-11-8-14(9-12-34)32-16-7-6-15-13(2)17-19(24(36)18(15)23(16)35)27(39)30(42)21(25(17)37)22(33(3)4)26(38)20(28(30)40)29(31)41/h6-7,13-14,17,19-22,25,32,35,37,42H,5,8-12H2,1-4H3,(H2,31,41)/t13-,17+,19?,20?,21+,22-,25-,30-/m0/s1. The van der Waals surface area contributed by atoms with Gasteiger partial charge in [0.1, 0.15) is 5.75 Å². The van der Waals surface area contributed by atoms with Crippen LogP contribution >= 0.6 is 0 Å². The molecule has 1 aliphatic heterocycles. The summed E-state index contributed by atoms with van der Waals surface area (Å²) in [6.45, 7) is 6.65. The Morgan fingerprint density at radius 1 is 1.14 bits per heavy atom. The van der Waals surface area contributed by atoms with Crippen molar-refractivity contribution in [2.24, 2.45) is 29.4 Å². The van der Waals surface area contributed by atoms with Gasteiger partial charge in [0.25, 0.3) is 0 Å². The van der Waals surface area contributed by atoms with E-state index < -0.39 is 76.4 Å². The number of aliphatic hydroxyl groups is 2. The Morgan fingerprint density at radius 3 is 2.36 bits per heavy atom. The Morgan fingerprint density at radius 2 is 1.79 bits per heavy atom. The first-order valence-corrected chi connectivity index (χ1v) is 14.6. The molecule has 2 saturated carbocycles. The van der Waals surface area contributed by atoms with Crippen molar-refractivity contribution in [3.8, 4) is 5.75 Å². The molecule has 42 heavy (non-hydrogen) atoms. The lowest BCUT2D eigenvalue weighted by atomic mass is 9.49. The number of carbonyl (C=O) groups excluding carboxylic acids is 5. The summed E-state index contributed by atoms with van der Waals surface area (Å²) >= 11 is 0. The first kappa shape index (κ1) is 30.3. The Labute approximate surface area is 244 Å². The Hall–Kier alpha value is -3.19. The van der Waals surface area contributed by atoms with Crippen LogP contribution in [0.1, 0.15) is 54.9 Å². The van der Waals surface area contributed by atoms with Crippen molar-refractivity contribution in [2.75, 3.05) is 39.0 Å². The number of phenolic OH excluding ortho intramolecular Hbond substituents is 1. The summed E-state index contributed by atoms with van der Waals surface area (Å²) in [6.07, 6.45) is 1.11. The number of benzene rings is 1. The van der Waals surface area contributed by atoms with Gasteiger partial charge in [0, 0.05) is 25.0 Å². The Balaban J connectivity index is 1.54. The van der Waals surface area contributed by atoms with E-state index in [4.69, 9.17) is 5.73 Å². The van der Waals surface area contributed by atoms with Gasteiger partial charge in [-0.05, 0) is 57.5 Å². The highest BCUT2D eigenvalue weighted by Crippen LogP contribution is 2.55. The van der Waals surface area contributed by atoms with E-state index in [1.165, 1.54) is 19.0 Å². The summed E-state index contributed by atoms with van der Waals surface area (Å²) in [5, 5.41) is 38.1. The quantitative estimate of drug-likeness (QED) is 0.218. The van der Waals surface area contributed by atoms with Gasteiger partial charge in [-0.3, -0.25) is 28.9 Å². The number of amides is 1. The molecule has 6 N–H and O–H groups in total. The number of Topliss-reactive ketones (excluding diaryl/α,β-unsaturated/α-hetero) is 4. The number of nitrogens with zero attached hydrogens (tertiary/aromatic N) is 2. The van der Waals surface area contributed by atoms with E-state index in [0.717, 1.165) is 38.9 Å². The zero-order valence-corrected chi connectivity index (χ0v) is 24.4. The number of fused-ring (bicyclic) bond motifs is 3. The highest BCUT2D eigenvalue weighted by atomic mass is 16.3. The second-order valence-corrected chi connectivity index (χ2v) is 12.6. The second-order valence-electron chi connectivity index (χ2n) is 12.6. The maximum absolute atomic E-state index is 14.1. The molecule has 12 nitrogen and oxygen atoms in total. The van der Waals surface area contributed by atoms with Crippen LogP contribution in [0.15, 0.2) is 12.1 Å². The molecule has 1 saturated heterocycles. The van der Waals surface area contributed by atoms with Gasteiger partial charge < -0.3 is 31.3 Å². The molecule has 3 aliphatic carbocycles. The fourth-order valence-corrected chi connectivity index (χ4v) is 7.94. The van der Waals surface area contributed by atoms with E-state index in [9.17, 15) is 39.3 Å². The van der Waals surface area contributed by atoms with Gasteiger partial charge in [-0.15, -0.1) is 0 Å². The van der Waals surface area contributed by atoms with Gasteiger partial charge in [0.05, 0.1) is 35.2 Å². The molecule has 2 unspecified atom stereocenters. The molecule has 0 radical (unpaired) electrons. The number of hydrogen-bond donors (Lipinski definition) is 5. The summed E-state index contributed by atoms with van der Waals surface area (Å²) in [7, 11) is 2.93. The SMILES string of the molecule is CCCN1CCC(Nc2ccc3c(c2O)C(=O)C2C(=O)[C@]4(O)C(=O)C(C(N)=O)C(=O)[C@@H](N(C)C)[C@@H]4[C@@H](O)[C@@H]2[C@H]3C)CC1. The maximum atomic E-state index is 14.1. The molecule has 0 aromatic heterocycles. The minimum absolute atomic E-state index is 0.0663. The van der Waals surface area contributed by atoms with Crippen LogP contribution in [0.4, 0.5) is 5.69 Å². The van der Waals surface area contributed by atoms with Crippen molar-refractivity contribution in [3.05, 3.63) is 23.3 Å². The summed E-state index contributed by atoms with van der Waals surface area (Å²) in [6, 6.07) is 2.04. The van der Waals surface area contributed by atoms with Gasteiger partial charge in [0.15, 0.2) is 34.7 Å². The molecule has 1 amide bonds. The van der Waals surface area contributed by atoms with Crippen LogP contribution in [0.2, 0.25) is 0 Å². The van der Waals surface area contributed by atoms with E-state index >= 15 is 0 Å². The number of likely N-dealkylation sites (tertiary alicyclic amines) is 1.